The van der Waals surface area contributed by atoms with E-state index in [9.17, 15) is 4.79 Å². The molecule has 0 atom stereocenters. The van der Waals surface area contributed by atoms with Crippen LogP contribution in [0.2, 0.25) is 0 Å². The summed E-state index contributed by atoms with van der Waals surface area (Å²) in [6.07, 6.45) is 6.86. The molecule has 0 saturated heterocycles. The second-order valence-corrected chi connectivity index (χ2v) is 4.60. The van der Waals surface area contributed by atoms with Crippen molar-refractivity contribution >= 4 is 11.6 Å². The number of hydrogen-bond acceptors (Lipinski definition) is 5. The Morgan fingerprint density at radius 1 is 1.26 bits per heavy atom. The average molecular weight is 265 g/mol. The van der Waals surface area contributed by atoms with Gasteiger partial charge in [-0.25, -0.2) is 4.98 Å². The number of nitrogens with one attached hydrogen (secondary N) is 1. The molecule has 2 rings (SSSR count). The Balaban J connectivity index is 2.07. The Bertz CT molecular complexity index is 445. The van der Waals surface area contributed by atoms with Crippen LogP contribution in [-0.4, -0.2) is 30.1 Å². The zero-order valence-corrected chi connectivity index (χ0v) is 11.3. The van der Waals surface area contributed by atoms with Gasteiger partial charge in [0, 0.05) is 5.92 Å². The first-order chi connectivity index (χ1) is 9.24. The van der Waals surface area contributed by atoms with Gasteiger partial charge in [-0.1, -0.05) is 19.3 Å². The van der Waals surface area contributed by atoms with Gasteiger partial charge in [-0.05, 0) is 12.8 Å². The van der Waals surface area contributed by atoms with Gasteiger partial charge in [-0.3, -0.25) is 4.79 Å². The van der Waals surface area contributed by atoms with Crippen LogP contribution in [0.4, 0.5) is 5.69 Å². The molecule has 1 amide bonds. The van der Waals surface area contributed by atoms with Gasteiger partial charge in [0.15, 0.2) is 0 Å². The van der Waals surface area contributed by atoms with E-state index in [0.717, 1.165) is 25.7 Å². The number of hydrogen-bond donors (Lipinski definition) is 1. The normalized spacial score (nSPS) is 15.9. The minimum atomic E-state index is 0.0202. The van der Waals surface area contributed by atoms with E-state index in [1.165, 1.54) is 26.8 Å². The van der Waals surface area contributed by atoms with Gasteiger partial charge in [0.25, 0.3) is 0 Å². The number of rotatable bonds is 4. The lowest BCUT2D eigenvalue weighted by atomic mass is 9.88. The van der Waals surface area contributed by atoms with Crippen molar-refractivity contribution in [1.29, 1.82) is 0 Å². The summed E-state index contributed by atoms with van der Waals surface area (Å²) in [4.78, 5) is 20.2. The SMILES string of the molecule is COc1ncc(NC(=O)C2CCCCC2)c(OC)n1. The molecule has 0 unspecified atom stereocenters. The van der Waals surface area contributed by atoms with E-state index in [-0.39, 0.29) is 17.8 Å². The third-order valence-corrected chi connectivity index (χ3v) is 3.34. The van der Waals surface area contributed by atoms with Gasteiger partial charge >= 0.3 is 6.01 Å². The summed E-state index contributed by atoms with van der Waals surface area (Å²) < 4.78 is 10.0. The van der Waals surface area contributed by atoms with Gasteiger partial charge in [0.1, 0.15) is 5.69 Å². The maximum absolute atomic E-state index is 12.1. The minimum Gasteiger partial charge on any atom is -0.479 e. The van der Waals surface area contributed by atoms with Crippen molar-refractivity contribution in [2.75, 3.05) is 19.5 Å². The topological polar surface area (TPSA) is 73.3 Å². The summed E-state index contributed by atoms with van der Waals surface area (Å²) in [7, 11) is 2.98. The maximum Gasteiger partial charge on any atom is 0.319 e. The lowest BCUT2D eigenvalue weighted by Crippen LogP contribution is -2.25. The number of methoxy groups -OCH3 is 2. The molecule has 0 spiro atoms. The average Bonchev–Trinajstić information content (AvgIpc) is 2.48. The van der Waals surface area contributed by atoms with Crippen LogP contribution in [0.1, 0.15) is 32.1 Å². The summed E-state index contributed by atoms with van der Waals surface area (Å²) in [5.41, 5.74) is 0.485. The number of carbonyl (C=O) groups is 1. The van der Waals surface area contributed by atoms with Crippen molar-refractivity contribution in [3.05, 3.63) is 6.20 Å². The first kappa shape index (κ1) is 13.6. The molecule has 0 bridgehead atoms. The second-order valence-electron chi connectivity index (χ2n) is 4.60. The van der Waals surface area contributed by atoms with Crippen LogP contribution < -0.4 is 14.8 Å². The van der Waals surface area contributed by atoms with Crippen LogP contribution in [0.25, 0.3) is 0 Å². The molecule has 6 nitrogen and oxygen atoms in total. The molecule has 0 aromatic carbocycles. The highest BCUT2D eigenvalue weighted by molar-refractivity contribution is 5.93. The van der Waals surface area contributed by atoms with Crippen LogP contribution in [0.5, 0.6) is 11.9 Å². The van der Waals surface area contributed by atoms with Crippen LogP contribution in [0.3, 0.4) is 0 Å². The molecule has 1 saturated carbocycles. The molecule has 0 aliphatic heterocycles. The predicted octanol–water partition coefficient (Wildman–Crippen LogP) is 2.01. The highest BCUT2D eigenvalue weighted by Gasteiger charge is 2.22. The van der Waals surface area contributed by atoms with Gasteiger partial charge in [-0.15, -0.1) is 0 Å². The van der Waals surface area contributed by atoms with Crippen molar-refractivity contribution in [3.8, 4) is 11.9 Å². The molecule has 1 aromatic rings. The quantitative estimate of drug-likeness (QED) is 0.901. The zero-order chi connectivity index (χ0) is 13.7. The molecule has 1 N–H and O–H groups in total. The number of carbonyl (C=O) groups excluding carboxylic acids is 1. The molecular weight excluding hydrogens is 246 g/mol. The minimum absolute atomic E-state index is 0.0202. The number of aromatic nitrogens is 2. The second kappa shape index (κ2) is 6.36. The smallest absolute Gasteiger partial charge is 0.319 e. The monoisotopic (exact) mass is 265 g/mol. The molecule has 1 fully saturated rings. The van der Waals surface area contributed by atoms with E-state index in [1.807, 2.05) is 0 Å². The zero-order valence-electron chi connectivity index (χ0n) is 11.3. The lowest BCUT2D eigenvalue weighted by Gasteiger charge is -2.21. The van der Waals surface area contributed by atoms with Crippen LogP contribution in [0, 0.1) is 5.92 Å². The molecule has 104 valence electrons. The Morgan fingerprint density at radius 2 is 2.00 bits per heavy atom. The molecule has 0 radical (unpaired) electrons. The molecule has 6 heteroatoms. The van der Waals surface area contributed by atoms with E-state index in [1.54, 1.807) is 0 Å². The summed E-state index contributed by atoms with van der Waals surface area (Å²) in [6, 6.07) is 0.215. The molecule has 1 heterocycles. The Hall–Kier alpha value is -1.85. The van der Waals surface area contributed by atoms with E-state index >= 15 is 0 Å². The van der Waals surface area contributed by atoms with E-state index in [4.69, 9.17) is 9.47 Å². The summed E-state index contributed by atoms with van der Waals surface area (Å²) in [5, 5.41) is 2.84. The Kier molecular flexibility index (Phi) is 4.54. The highest BCUT2D eigenvalue weighted by Crippen LogP contribution is 2.27. The maximum atomic E-state index is 12.1. The number of amides is 1. The number of anilines is 1. The summed E-state index contributed by atoms with van der Waals surface area (Å²) >= 11 is 0. The molecule has 19 heavy (non-hydrogen) atoms. The Labute approximate surface area is 112 Å². The van der Waals surface area contributed by atoms with Crippen LogP contribution in [0.15, 0.2) is 6.20 Å². The summed E-state index contributed by atoms with van der Waals surface area (Å²) in [6.45, 7) is 0. The number of ether oxygens (including phenoxy) is 2. The van der Waals surface area contributed by atoms with Crippen LogP contribution in [-0.2, 0) is 4.79 Å². The standard InChI is InChI=1S/C13H19N3O3/c1-18-12-10(8-14-13(16-12)19-2)15-11(17)9-6-4-3-5-7-9/h8-9H,3-7H2,1-2H3,(H,15,17). The fraction of sp³-hybridized carbons (Fsp3) is 0.615. The van der Waals surface area contributed by atoms with Gasteiger partial charge in [0.2, 0.25) is 11.8 Å². The van der Waals surface area contributed by atoms with Crippen molar-refractivity contribution < 1.29 is 14.3 Å². The fourth-order valence-electron chi connectivity index (χ4n) is 2.29. The van der Waals surface area contributed by atoms with Crippen molar-refractivity contribution in [3.63, 3.8) is 0 Å². The third kappa shape index (κ3) is 3.33. The summed E-state index contributed by atoms with van der Waals surface area (Å²) in [5.74, 6) is 0.420. The molecule has 1 aliphatic rings. The predicted molar refractivity (Wildman–Crippen MR) is 70.3 cm³/mol. The first-order valence-corrected chi connectivity index (χ1v) is 6.50. The molecule has 1 aromatic heterocycles. The van der Waals surface area contributed by atoms with Crippen molar-refractivity contribution in [1.82, 2.24) is 9.97 Å². The van der Waals surface area contributed by atoms with Crippen LogP contribution >= 0.6 is 0 Å². The molecular formula is C13H19N3O3. The Morgan fingerprint density at radius 3 is 2.63 bits per heavy atom. The van der Waals surface area contributed by atoms with E-state index in [0.29, 0.717) is 11.6 Å². The van der Waals surface area contributed by atoms with Gasteiger partial charge < -0.3 is 14.8 Å². The van der Waals surface area contributed by atoms with E-state index < -0.39 is 0 Å². The van der Waals surface area contributed by atoms with Crippen molar-refractivity contribution in [2.45, 2.75) is 32.1 Å². The van der Waals surface area contributed by atoms with Crippen molar-refractivity contribution in [2.24, 2.45) is 5.92 Å². The largest absolute Gasteiger partial charge is 0.479 e. The number of nitrogens with zero attached hydrogens (tertiary/aromatic N) is 2. The first-order valence-electron chi connectivity index (χ1n) is 6.50. The lowest BCUT2D eigenvalue weighted by molar-refractivity contribution is -0.120. The van der Waals surface area contributed by atoms with Gasteiger partial charge in [0.05, 0.1) is 20.4 Å². The fourth-order valence-corrected chi connectivity index (χ4v) is 2.29. The third-order valence-electron chi connectivity index (χ3n) is 3.34. The van der Waals surface area contributed by atoms with Gasteiger partial charge in [-0.2, -0.15) is 4.98 Å². The van der Waals surface area contributed by atoms with E-state index in [2.05, 4.69) is 15.3 Å². The highest BCUT2D eigenvalue weighted by atomic mass is 16.5. The molecule has 1 aliphatic carbocycles.